The molecule has 1 atom stereocenters. The molecular formula is C31H35N3O3. The highest BCUT2D eigenvalue weighted by Crippen LogP contribution is 2.36. The van der Waals surface area contributed by atoms with Crippen molar-refractivity contribution in [3.63, 3.8) is 0 Å². The molecule has 1 unspecified atom stereocenters. The number of hydrogen-bond acceptors (Lipinski definition) is 4. The molecule has 2 aliphatic heterocycles. The minimum Gasteiger partial charge on any atom is -0.374 e. The van der Waals surface area contributed by atoms with Crippen LogP contribution in [0.25, 0.3) is 0 Å². The summed E-state index contributed by atoms with van der Waals surface area (Å²) in [4.78, 5) is 32.0. The third-order valence-electron chi connectivity index (χ3n) is 7.79. The first-order valence-corrected chi connectivity index (χ1v) is 13.1. The summed E-state index contributed by atoms with van der Waals surface area (Å²) < 4.78 is 5.92. The molecular weight excluding hydrogens is 462 g/mol. The van der Waals surface area contributed by atoms with Crippen LogP contribution >= 0.6 is 0 Å². The van der Waals surface area contributed by atoms with E-state index in [0.717, 1.165) is 29.8 Å². The largest absolute Gasteiger partial charge is 0.374 e. The molecule has 6 nitrogen and oxygen atoms in total. The molecule has 0 aromatic heterocycles. The Morgan fingerprint density at radius 2 is 1.41 bits per heavy atom. The Morgan fingerprint density at radius 3 is 1.97 bits per heavy atom. The number of rotatable bonds is 8. The number of nitrogens with zero attached hydrogens (tertiary/aromatic N) is 2. The molecule has 2 heterocycles. The summed E-state index contributed by atoms with van der Waals surface area (Å²) in [5.74, 6) is -0.165. The summed E-state index contributed by atoms with van der Waals surface area (Å²) in [7, 11) is 2.07. The van der Waals surface area contributed by atoms with Gasteiger partial charge in [0.15, 0.2) is 0 Å². The standard InChI is InChI=1S/C31H35N3O3/c1-33-19-17-31(18-20-33)30(36)32-28(23-37-22-24-11-5-2-6-12-24)29(35)34(31)21-27(25-13-7-3-8-14-25)26-15-9-4-10-16-26/h2-16,27-28H,17-23H2,1H3,(H,32,36). The van der Waals surface area contributed by atoms with Crippen LogP contribution in [0, 0.1) is 0 Å². The average Bonchev–Trinajstić information content (AvgIpc) is 2.94. The first kappa shape index (κ1) is 25.2. The van der Waals surface area contributed by atoms with E-state index in [2.05, 4.69) is 41.5 Å². The molecule has 3 aromatic carbocycles. The van der Waals surface area contributed by atoms with Gasteiger partial charge in [-0.05, 0) is 36.6 Å². The van der Waals surface area contributed by atoms with E-state index in [0.29, 0.717) is 26.0 Å². The second kappa shape index (κ2) is 11.3. The van der Waals surface area contributed by atoms with Crippen LogP contribution < -0.4 is 5.32 Å². The van der Waals surface area contributed by atoms with Crippen molar-refractivity contribution in [2.24, 2.45) is 0 Å². The maximum absolute atomic E-state index is 14.1. The first-order valence-electron chi connectivity index (χ1n) is 13.1. The van der Waals surface area contributed by atoms with Crippen LogP contribution in [-0.2, 0) is 20.9 Å². The van der Waals surface area contributed by atoms with E-state index in [1.165, 1.54) is 0 Å². The number of hydrogen-bond donors (Lipinski definition) is 1. The fourth-order valence-electron chi connectivity index (χ4n) is 5.56. The molecule has 0 bridgehead atoms. The lowest BCUT2D eigenvalue weighted by Crippen LogP contribution is -2.73. The Bertz CT molecular complexity index is 1140. The number of carbonyl (C=O) groups is 2. The van der Waals surface area contributed by atoms with Gasteiger partial charge in [0.2, 0.25) is 11.8 Å². The van der Waals surface area contributed by atoms with Crippen LogP contribution in [0.1, 0.15) is 35.4 Å². The minimum absolute atomic E-state index is 0.0420. The van der Waals surface area contributed by atoms with Crippen LogP contribution in [0.5, 0.6) is 0 Å². The fraction of sp³-hybridized carbons (Fsp3) is 0.355. The molecule has 2 amide bonds. The van der Waals surface area contributed by atoms with Crippen molar-refractivity contribution in [3.8, 4) is 0 Å². The lowest BCUT2D eigenvalue weighted by molar-refractivity contribution is -0.163. The quantitative estimate of drug-likeness (QED) is 0.514. The van der Waals surface area contributed by atoms with Gasteiger partial charge in [-0.25, -0.2) is 0 Å². The zero-order valence-corrected chi connectivity index (χ0v) is 21.4. The van der Waals surface area contributed by atoms with Crippen LogP contribution in [0.3, 0.4) is 0 Å². The molecule has 3 aromatic rings. The highest BCUT2D eigenvalue weighted by molar-refractivity contribution is 6.00. The SMILES string of the molecule is CN1CCC2(CC1)C(=O)NC(COCc1ccccc1)C(=O)N2CC(c1ccccc1)c1ccccc1. The second-order valence-corrected chi connectivity index (χ2v) is 10.2. The van der Waals surface area contributed by atoms with Gasteiger partial charge in [0.05, 0.1) is 13.2 Å². The molecule has 2 fully saturated rings. The Hall–Kier alpha value is -3.48. The van der Waals surface area contributed by atoms with Gasteiger partial charge in [0.1, 0.15) is 11.6 Å². The Balaban J connectivity index is 1.43. The molecule has 1 N–H and O–H groups in total. The molecule has 37 heavy (non-hydrogen) atoms. The number of likely N-dealkylation sites (tertiary alicyclic amines) is 1. The highest BCUT2D eigenvalue weighted by Gasteiger charge is 2.53. The van der Waals surface area contributed by atoms with Crippen molar-refractivity contribution in [2.75, 3.05) is 33.3 Å². The number of nitrogens with one attached hydrogen (secondary N) is 1. The third kappa shape index (κ3) is 5.45. The molecule has 6 heteroatoms. The number of amides is 2. The van der Waals surface area contributed by atoms with Gasteiger partial charge < -0.3 is 19.9 Å². The molecule has 2 aliphatic rings. The van der Waals surface area contributed by atoms with Crippen LogP contribution in [0.2, 0.25) is 0 Å². The van der Waals surface area contributed by atoms with Crippen LogP contribution in [-0.4, -0.2) is 66.5 Å². The van der Waals surface area contributed by atoms with Crippen molar-refractivity contribution < 1.29 is 14.3 Å². The Morgan fingerprint density at radius 1 is 0.865 bits per heavy atom. The lowest BCUT2D eigenvalue weighted by atomic mass is 9.80. The summed E-state index contributed by atoms with van der Waals surface area (Å²) in [6, 6.07) is 29.7. The van der Waals surface area contributed by atoms with Gasteiger partial charge in [-0.2, -0.15) is 0 Å². The highest BCUT2D eigenvalue weighted by atomic mass is 16.5. The average molecular weight is 498 g/mol. The molecule has 2 saturated heterocycles. The van der Waals surface area contributed by atoms with Crippen molar-refractivity contribution >= 4 is 11.8 Å². The van der Waals surface area contributed by atoms with Crippen molar-refractivity contribution in [1.29, 1.82) is 0 Å². The maximum atomic E-state index is 14.1. The van der Waals surface area contributed by atoms with Gasteiger partial charge in [0.25, 0.3) is 0 Å². The number of piperazine rings is 1. The third-order valence-corrected chi connectivity index (χ3v) is 7.79. The van der Waals surface area contributed by atoms with Crippen molar-refractivity contribution in [1.82, 2.24) is 15.1 Å². The van der Waals surface area contributed by atoms with Gasteiger partial charge in [-0.3, -0.25) is 9.59 Å². The molecule has 0 saturated carbocycles. The monoisotopic (exact) mass is 497 g/mol. The summed E-state index contributed by atoms with van der Waals surface area (Å²) in [6.45, 7) is 2.53. The van der Waals surface area contributed by atoms with Crippen LogP contribution in [0.4, 0.5) is 0 Å². The second-order valence-electron chi connectivity index (χ2n) is 10.2. The Kier molecular flexibility index (Phi) is 7.68. The zero-order valence-electron chi connectivity index (χ0n) is 21.4. The smallest absolute Gasteiger partial charge is 0.248 e. The zero-order chi connectivity index (χ0) is 25.7. The normalized spacial score (nSPS) is 19.8. The molecule has 192 valence electrons. The maximum Gasteiger partial charge on any atom is 0.248 e. The number of piperidine rings is 1. The van der Waals surface area contributed by atoms with E-state index < -0.39 is 11.6 Å². The predicted octanol–water partition coefficient (Wildman–Crippen LogP) is 3.83. The molecule has 0 radical (unpaired) electrons. The van der Waals surface area contributed by atoms with E-state index >= 15 is 0 Å². The van der Waals surface area contributed by atoms with Gasteiger partial charge in [-0.15, -0.1) is 0 Å². The fourth-order valence-corrected chi connectivity index (χ4v) is 5.56. The summed E-state index contributed by atoms with van der Waals surface area (Å²) in [6.07, 6.45) is 1.24. The van der Waals surface area contributed by atoms with Gasteiger partial charge >= 0.3 is 0 Å². The summed E-state index contributed by atoms with van der Waals surface area (Å²) in [5, 5.41) is 3.04. The minimum atomic E-state index is -0.846. The predicted molar refractivity (Wildman–Crippen MR) is 144 cm³/mol. The molecule has 5 rings (SSSR count). The first-order chi connectivity index (χ1) is 18.1. The lowest BCUT2D eigenvalue weighted by Gasteiger charge is -2.52. The van der Waals surface area contributed by atoms with E-state index in [1.54, 1.807) is 0 Å². The van der Waals surface area contributed by atoms with Gasteiger partial charge in [0, 0.05) is 25.6 Å². The topological polar surface area (TPSA) is 61.9 Å². The number of benzene rings is 3. The molecule has 0 aliphatic carbocycles. The van der Waals surface area contributed by atoms with Crippen molar-refractivity contribution in [2.45, 2.75) is 36.9 Å². The number of carbonyl (C=O) groups excluding carboxylic acids is 2. The summed E-state index contributed by atoms with van der Waals surface area (Å²) >= 11 is 0. The van der Waals surface area contributed by atoms with Crippen molar-refractivity contribution in [3.05, 3.63) is 108 Å². The number of ether oxygens (including phenoxy) is 1. The van der Waals surface area contributed by atoms with Gasteiger partial charge in [-0.1, -0.05) is 91.0 Å². The van der Waals surface area contributed by atoms with E-state index in [1.807, 2.05) is 71.6 Å². The summed E-state index contributed by atoms with van der Waals surface area (Å²) in [5.41, 5.74) is 2.45. The van der Waals surface area contributed by atoms with E-state index in [4.69, 9.17) is 4.74 Å². The Labute approximate surface area is 219 Å². The van der Waals surface area contributed by atoms with Crippen LogP contribution in [0.15, 0.2) is 91.0 Å². The van der Waals surface area contributed by atoms with E-state index in [-0.39, 0.29) is 24.3 Å². The van der Waals surface area contributed by atoms with E-state index in [9.17, 15) is 9.59 Å². The molecule has 1 spiro atoms.